The Balaban J connectivity index is 0.00000124. The molecular formula is C24H22B4N6O6S. The van der Waals surface area contributed by atoms with Gasteiger partial charge in [0, 0.05) is 35.8 Å². The Kier molecular flexibility index (Phi) is 7.56. The third-order valence-corrected chi connectivity index (χ3v) is 8.85. The number of benzene rings is 1. The van der Waals surface area contributed by atoms with E-state index in [1.165, 1.54) is 48.7 Å². The lowest BCUT2D eigenvalue weighted by atomic mass is 9.38. The van der Waals surface area contributed by atoms with E-state index in [0.717, 1.165) is 9.54 Å². The molecule has 4 N–H and O–H groups in total. The van der Waals surface area contributed by atoms with Crippen LogP contribution in [0.3, 0.4) is 0 Å². The molecule has 0 amide bonds. The van der Waals surface area contributed by atoms with Crippen LogP contribution in [0.4, 0.5) is 0 Å². The molecule has 1 aliphatic rings. The van der Waals surface area contributed by atoms with Gasteiger partial charge in [-0.2, -0.15) is 10.4 Å². The van der Waals surface area contributed by atoms with E-state index in [4.69, 9.17) is 36.6 Å². The first-order valence-electron chi connectivity index (χ1n) is 12.0. The predicted octanol–water partition coefficient (Wildman–Crippen LogP) is -1.15. The number of nitrogens with zero attached hydrogens (tertiary/aromatic N) is 6. The highest BCUT2D eigenvalue weighted by Crippen LogP contribution is 2.59. The van der Waals surface area contributed by atoms with Gasteiger partial charge in [-0.3, -0.25) is 4.68 Å². The minimum Gasteiger partial charge on any atom is -0.398 e. The fourth-order valence-corrected chi connectivity index (χ4v) is 5.99. The number of fused-ring (bicyclic) bond motifs is 1. The first-order chi connectivity index (χ1) is 18.9. The lowest BCUT2D eigenvalue weighted by Crippen LogP contribution is -2.60. The van der Waals surface area contributed by atoms with Crippen LogP contribution >= 0.6 is 0 Å². The van der Waals surface area contributed by atoms with Gasteiger partial charge in [-0.1, -0.05) is 17.7 Å². The van der Waals surface area contributed by atoms with Crippen LogP contribution in [-0.2, 0) is 16.6 Å². The van der Waals surface area contributed by atoms with Crippen LogP contribution in [0, 0.1) is 24.2 Å². The van der Waals surface area contributed by atoms with E-state index < -0.39 is 44.5 Å². The normalized spacial score (nSPS) is 24.9. The molecule has 0 spiro atoms. The number of aromatic nitrogens is 5. The summed E-state index contributed by atoms with van der Waals surface area (Å²) in [5, 5.41) is 51.3. The highest BCUT2D eigenvalue weighted by molar-refractivity contribution is 7.90. The van der Waals surface area contributed by atoms with Crippen LogP contribution in [0.1, 0.15) is 12.5 Å². The topological polar surface area (TPSA) is 187 Å². The van der Waals surface area contributed by atoms with E-state index in [-0.39, 0.29) is 10.5 Å². The summed E-state index contributed by atoms with van der Waals surface area (Å²) in [6.07, 6.45) is 5.37. The number of rotatable bonds is 5. The predicted molar refractivity (Wildman–Crippen MR) is 150 cm³/mol. The van der Waals surface area contributed by atoms with Crippen LogP contribution in [0.5, 0.6) is 0 Å². The van der Waals surface area contributed by atoms with Crippen molar-refractivity contribution in [3.8, 4) is 17.3 Å². The summed E-state index contributed by atoms with van der Waals surface area (Å²) in [6.45, 7) is 2.80. The standard InChI is InChI=1S/C22H19B4N5O6S.C2H3N/c1-12-2-4-14(5-3-12)38(36,37)31-7-6-15-17(27-11-28-18(15)31)13-8-29-30(9-13)10-16-19(23,32)22(26,35)21(24,25)20(16,33)34;1-2-3/h2-9,11,16,32-35H,10H2,1H3;1H3. The van der Waals surface area contributed by atoms with Crippen molar-refractivity contribution in [2.24, 2.45) is 5.92 Å². The largest absolute Gasteiger partial charge is 0.398 e. The highest BCUT2D eigenvalue weighted by Gasteiger charge is 2.72. The average Bonchev–Trinajstić information content (AvgIpc) is 3.56. The zero-order chi connectivity index (χ0) is 30.6. The summed E-state index contributed by atoms with van der Waals surface area (Å²) in [7, 11) is 18.8. The second kappa shape index (κ2) is 10.1. The van der Waals surface area contributed by atoms with Gasteiger partial charge in [-0.25, -0.2) is 22.4 Å². The fourth-order valence-electron chi connectivity index (χ4n) is 4.69. The minimum absolute atomic E-state index is 0.0895. The Morgan fingerprint density at radius 1 is 1.05 bits per heavy atom. The van der Waals surface area contributed by atoms with Crippen molar-refractivity contribution in [1.29, 1.82) is 5.26 Å². The van der Waals surface area contributed by atoms with E-state index in [9.17, 15) is 28.8 Å². The van der Waals surface area contributed by atoms with Crippen LogP contribution in [-0.4, -0.2) is 101 Å². The Morgan fingerprint density at radius 3 is 2.22 bits per heavy atom. The number of aryl methyl sites for hydroxylation is 1. The van der Waals surface area contributed by atoms with Crippen molar-refractivity contribution in [1.82, 2.24) is 23.7 Å². The summed E-state index contributed by atoms with van der Waals surface area (Å²) in [6, 6.07) is 9.69. The van der Waals surface area contributed by atoms with Gasteiger partial charge in [0.2, 0.25) is 0 Å². The summed E-state index contributed by atoms with van der Waals surface area (Å²) in [4.78, 5) is 8.51. The van der Waals surface area contributed by atoms with Crippen molar-refractivity contribution in [2.75, 3.05) is 0 Å². The van der Waals surface area contributed by atoms with Gasteiger partial charge in [0.05, 0.1) is 56.5 Å². The second-order valence-electron chi connectivity index (χ2n) is 9.80. The minimum atomic E-state index is -3.95. The van der Waals surface area contributed by atoms with Crippen molar-refractivity contribution in [3.05, 3.63) is 60.8 Å². The van der Waals surface area contributed by atoms with Crippen LogP contribution in [0.25, 0.3) is 22.3 Å². The number of aliphatic hydroxyl groups is 4. The average molecular weight is 566 g/mol. The summed E-state index contributed by atoms with van der Waals surface area (Å²) in [5.41, 5.74) is -4.03. The summed E-state index contributed by atoms with van der Waals surface area (Å²) < 4.78 is 28.7. The van der Waals surface area contributed by atoms with E-state index >= 15 is 0 Å². The highest BCUT2D eigenvalue weighted by atomic mass is 32.2. The first-order valence-corrected chi connectivity index (χ1v) is 13.4. The molecule has 1 aliphatic carbocycles. The van der Waals surface area contributed by atoms with Crippen molar-refractivity contribution in [2.45, 2.75) is 47.3 Å². The van der Waals surface area contributed by atoms with Gasteiger partial charge in [0.15, 0.2) is 11.4 Å². The third-order valence-electron chi connectivity index (χ3n) is 7.17. The van der Waals surface area contributed by atoms with Gasteiger partial charge < -0.3 is 20.4 Å². The zero-order valence-corrected chi connectivity index (χ0v) is 22.8. The number of hydrogen-bond acceptors (Lipinski definition) is 10. The van der Waals surface area contributed by atoms with E-state index in [2.05, 4.69) is 15.1 Å². The molecule has 3 aromatic heterocycles. The zero-order valence-electron chi connectivity index (χ0n) is 22.0. The van der Waals surface area contributed by atoms with Crippen LogP contribution in [0.15, 0.2) is 60.1 Å². The van der Waals surface area contributed by atoms with Crippen molar-refractivity contribution >= 4 is 52.4 Å². The molecule has 1 aromatic carbocycles. The third kappa shape index (κ3) is 4.60. The molecule has 8 radical (unpaired) electrons. The quantitative estimate of drug-likeness (QED) is 0.170. The Morgan fingerprint density at radius 2 is 1.66 bits per heavy atom. The smallest absolute Gasteiger partial charge is 0.269 e. The molecule has 4 aromatic rings. The molecule has 202 valence electrons. The molecule has 3 atom stereocenters. The van der Waals surface area contributed by atoms with Gasteiger partial charge >= 0.3 is 0 Å². The van der Waals surface area contributed by atoms with E-state index in [1.807, 2.05) is 6.92 Å². The molecule has 12 nitrogen and oxygen atoms in total. The maximum Gasteiger partial charge on any atom is 0.269 e. The molecule has 41 heavy (non-hydrogen) atoms. The summed E-state index contributed by atoms with van der Waals surface area (Å²) in [5.74, 6) is -4.88. The SMILES string of the molecule is CC#N.[B]C1(O)C(Cn2cc(-c3ncnc4c3ccn4S(=O)(=O)c3ccc(C)cc3)cn2)C(O)(O)C([B])([B])C1([B])O. The molecular weight excluding hydrogens is 544 g/mol. The lowest BCUT2D eigenvalue weighted by molar-refractivity contribution is -0.208. The second-order valence-corrected chi connectivity index (χ2v) is 11.6. The van der Waals surface area contributed by atoms with Crippen LogP contribution in [0.2, 0.25) is 5.21 Å². The molecule has 0 aliphatic heterocycles. The molecule has 1 saturated carbocycles. The van der Waals surface area contributed by atoms with Gasteiger partial charge in [0.1, 0.15) is 22.0 Å². The molecule has 0 saturated heterocycles. The number of hydrogen-bond donors (Lipinski definition) is 4. The number of nitriles is 1. The van der Waals surface area contributed by atoms with Gasteiger partial charge in [0.25, 0.3) is 10.0 Å². The molecule has 3 heterocycles. The molecule has 0 bridgehead atoms. The van der Waals surface area contributed by atoms with Gasteiger partial charge in [-0.05, 0) is 30.3 Å². The maximum absolute atomic E-state index is 13.2. The Hall–Kier alpha value is -3.41. The fraction of sp³-hybridized carbons (Fsp3) is 0.333. The monoisotopic (exact) mass is 566 g/mol. The Bertz CT molecular complexity index is 1720. The maximum atomic E-state index is 13.2. The molecule has 5 rings (SSSR count). The van der Waals surface area contributed by atoms with E-state index in [0.29, 0.717) is 16.6 Å². The van der Waals surface area contributed by atoms with Gasteiger partial charge in [-0.15, -0.1) is 0 Å². The molecule has 17 heteroatoms. The first kappa shape index (κ1) is 30.5. The van der Waals surface area contributed by atoms with E-state index in [1.54, 1.807) is 24.3 Å². The lowest BCUT2D eigenvalue weighted by Gasteiger charge is -2.44. The molecule has 3 unspecified atom stereocenters. The van der Waals surface area contributed by atoms with Crippen molar-refractivity contribution < 1.29 is 28.8 Å². The van der Waals surface area contributed by atoms with Crippen LogP contribution < -0.4 is 0 Å². The summed E-state index contributed by atoms with van der Waals surface area (Å²) >= 11 is 0. The molecule has 1 fully saturated rings. The van der Waals surface area contributed by atoms with Crippen molar-refractivity contribution in [3.63, 3.8) is 0 Å². The Labute approximate surface area is 241 Å².